The first-order valence-electron chi connectivity index (χ1n) is 6.40. The van der Waals surface area contributed by atoms with Crippen LogP contribution in [-0.4, -0.2) is 26.8 Å². The summed E-state index contributed by atoms with van der Waals surface area (Å²) in [5.74, 6) is 7.41. The van der Waals surface area contributed by atoms with Gasteiger partial charge >= 0.3 is 0 Å². The number of nitrogen functional groups attached to an aromatic ring is 1. The van der Waals surface area contributed by atoms with E-state index in [9.17, 15) is 0 Å². The lowest BCUT2D eigenvalue weighted by atomic mass is 10.1. The molecule has 0 bridgehead atoms. The van der Waals surface area contributed by atoms with Crippen molar-refractivity contribution in [2.45, 2.75) is 0 Å². The Labute approximate surface area is 122 Å². The number of aromatic nitrogens is 4. The summed E-state index contributed by atoms with van der Waals surface area (Å²) in [5.41, 5.74) is 7.44. The molecule has 6 nitrogen and oxygen atoms in total. The van der Waals surface area contributed by atoms with Gasteiger partial charge in [0.15, 0.2) is 0 Å². The van der Waals surface area contributed by atoms with E-state index in [0.717, 1.165) is 27.7 Å². The number of hydrogen-bond acceptors (Lipinski definition) is 5. The van der Waals surface area contributed by atoms with E-state index in [-0.39, 0.29) is 0 Å². The molecular weight excluding hydrogens is 264 g/mol. The monoisotopic (exact) mass is 278 g/mol. The van der Waals surface area contributed by atoms with Gasteiger partial charge in [0.1, 0.15) is 11.6 Å². The first-order chi connectivity index (χ1) is 10.2. The molecule has 0 unspecified atom stereocenters. The lowest BCUT2D eigenvalue weighted by molar-refractivity contribution is 0.767. The van der Waals surface area contributed by atoms with Gasteiger partial charge in [-0.2, -0.15) is 5.10 Å². The van der Waals surface area contributed by atoms with Crippen LogP contribution in [0.3, 0.4) is 0 Å². The summed E-state index contributed by atoms with van der Waals surface area (Å²) >= 11 is 0. The Hall–Kier alpha value is -3.07. The number of anilines is 2. The third-order valence-electron chi connectivity index (χ3n) is 3.08. The average molecular weight is 278 g/mol. The lowest BCUT2D eigenvalue weighted by Crippen LogP contribution is -1.97. The van der Waals surface area contributed by atoms with Crippen LogP contribution in [0.5, 0.6) is 0 Å². The molecule has 0 atom stereocenters. The molecule has 3 aromatic rings. The van der Waals surface area contributed by atoms with Crippen LogP contribution in [0.1, 0.15) is 11.1 Å². The predicted octanol–water partition coefficient (Wildman–Crippen LogP) is 1.39. The predicted molar refractivity (Wildman–Crippen MR) is 82.7 cm³/mol. The van der Waals surface area contributed by atoms with Gasteiger partial charge < -0.3 is 11.1 Å². The molecule has 3 heterocycles. The van der Waals surface area contributed by atoms with E-state index in [4.69, 9.17) is 5.73 Å². The Morgan fingerprint density at radius 3 is 2.71 bits per heavy atom. The Morgan fingerprint density at radius 1 is 1.14 bits per heavy atom. The van der Waals surface area contributed by atoms with E-state index in [0.29, 0.717) is 5.82 Å². The van der Waals surface area contributed by atoms with Crippen LogP contribution in [0.25, 0.3) is 10.8 Å². The zero-order chi connectivity index (χ0) is 14.8. The molecule has 0 aliphatic carbocycles. The third-order valence-corrected chi connectivity index (χ3v) is 3.08. The number of rotatable bonds is 1. The molecule has 0 aromatic carbocycles. The van der Waals surface area contributed by atoms with Crippen LogP contribution in [0.15, 0.2) is 30.9 Å². The van der Waals surface area contributed by atoms with E-state index in [2.05, 4.69) is 32.2 Å². The van der Waals surface area contributed by atoms with Crippen LogP contribution < -0.4 is 11.1 Å². The highest BCUT2D eigenvalue weighted by atomic mass is 15.2. The molecule has 0 spiro atoms. The number of nitrogens with zero attached hydrogens (tertiary/aromatic N) is 4. The van der Waals surface area contributed by atoms with E-state index in [1.807, 2.05) is 26.4 Å². The minimum Gasteiger partial charge on any atom is -0.384 e. The highest BCUT2D eigenvalue weighted by Crippen LogP contribution is 2.24. The van der Waals surface area contributed by atoms with Gasteiger partial charge in [-0.15, -0.1) is 0 Å². The summed E-state index contributed by atoms with van der Waals surface area (Å²) < 4.78 is 1.71. The molecule has 6 heteroatoms. The second-order valence-electron chi connectivity index (χ2n) is 4.58. The van der Waals surface area contributed by atoms with E-state index < -0.39 is 0 Å². The Bertz CT molecular complexity index is 869. The molecule has 21 heavy (non-hydrogen) atoms. The first kappa shape index (κ1) is 12.9. The number of hydrogen-bond donors (Lipinski definition) is 2. The van der Waals surface area contributed by atoms with Gasteiger partial charge in [-0.3, -0.25) is 4.68 Å². The van der Waals surface area contributed by atoms with Gasteiger partial charge in [0, 0.05) is 43.5 Å². The fraction of sp³-hybridized carbons (Fsp3) is 0.133. The van der Waals surface area contributed by atoms with Crippen molar-refractivity contribution in [2.75, 3.05) is 18.1 Å². The van der Waals surface area contributed by atoms with Crippen molar-refractivity contribution in [3.63, 3.8) is 0 Å². The summed E-state index contributed by atoms with van der Waals surface area (Å²) in [6.45, 7) is 0. The van der Waals surface area contributed by atoms with E-state index in [1.54, 1.807) is 23.3 Å². The van der Waals surface area contributed by atoms with Crippen molar-refractivity contribution >= 4 is 22.4 Å². The Balaban J connectivity index is 2.15. The summed E-state index contributed by atoms with van der Waals surface area (Å²) in [5, 5.41) is 8.95. The van der Waals surface area contributed by atoms with E-state index in [1.165, 1.54) is 0 Å². The van der Waals surface area contributed by atoms with Crippen molar-refractivity contribution in [1.29, 1.82) is 0 Å². The largest absolute Gasteiger partial charge is 0.384 e. The third kappa shape index (κ3) is 2.49. The Kier molecular flexibility index (Phi) is 3.16. The molecule has 3 rings (SSSR count). The molecule has 3 aromatic heterocycles. The topological polar surface area (TPSA) is 81.7 Å². The van der Waals surface area contributed by atoms with Crippen LogP contribution >= 0.6 is 0 Å². The molecule has 0 saturated heterocycles. The molecule has 0 fully saturated rings. The summed E-state index contributed by atoms with van der Waals surface area (Å²) in [7, 11) is 3.68. The maximum absolute atomic E-state index is 5.78. The molecule has 0 saturated carbocycles. The molecule has 0 amide bonds. The molecule has 0 aliphatic rings. The van der Waals surface area contributed by atoms with E-state index >= 15 is 0 Å². The number of nitrogens with two attached hydrogens (primary N) is 1. The number of fused-ring (bicyclic) bond motifs is 1. The zero-order valence-corrected chi connectivity index (χ0v) is 11.8. The van der Waals surface area contributed by atoms with Crippen LogP contribution in [-0.2, 0) is 7.05 Å². The second kappa shape index (κ2) is 5.13. The molecule has 0 aliphatic heterocycles. The number of pyridine rings is 2. The minimum atomic E-state index is 0.459. The minimum absolute atomic E-state index is 0.459. The zero-order valence-electron chi connectivity index (χ0n) is 11.8. The number of nitrogens with one attached hydrogen (secondary N) is 1. The van der Waals surface area contributed by atoms with Gasteiger partial charge in [0.2, 0.25) is 0 Å². The van der Waals surface area contributed by atoms with Gasteiger partial charge in [-0.25, -0.2) is 9.97 Å². The van der Waals surface area contributed by atoms with Crippen LogP contribution in [0.2, 0.25) is 0 Å². The van der Waals surface area contributed by atoms with Crippen molar-refractivity contribution in [1.82, 2.24) is 19.7 Å². The highest BCUT2D eigenvalue weighted by molar-refractivity contribution is 5.96. The maximum Gasteiger partial charge on any atom is 0.135 e. The molecule has 104 valence electrons. The van der Waals surface area contributed by atoms with Crippen molar-refractivity contribution < 1.29 is 0 Å². The maximum atomic E-state index is 5.78. The van der Waals surface area contributed by atoms with Crippen LogP contribution in [0.4, 0.5) is 11.6 Å². The standard InChI is InChI=1S/C15H14N6/c1-17-15-13-8-18-14(16)5-12(13)11(7-19-15)4-3-10-6-20-21(2)9-10/h5-9H,1-2H3,(H2,16,18)(H,17,19). The smallest absolute Gasteiger partial charge is 0.135 e. The quantitative estimate of drug-likeness (QED) is 0.657. The molecular formula is C15H14N6. The SMILES string of the molecule is CNc1ncc(C#Cc2cnn(C)c2)c2cc(N)ncc12. The van der Waals surface area contributed by atoms with Gasteiger partial charge in [0.25, 0.3) is 0 Å². The second-order valence-corrected chi connectivity index (χ2v) is 4.58. The molecule has 3 N–H and O–H groups in total. The van der Waals surface area contributed by atoms with Crippen molar-refractivity contribution in [3.05, 3.63) is 42.0 Å². The highest BCUT2D eigenvalue weighted by Gasteiger charge is 2.06. The fourth-order valence-corrected chi connectivity index (χ4v) is 2.08. The van der Waals surface area contributed by atoms with Gasteiger partial charge in [-0.05, 0) is 6.07 Å². The number of aryl methyl sites for hydroxylation is 1. The lowest BCUT2D eigenvalue weighted by Gasteiger charge is -2.06. The van der Waals surface area contributed by atoms with Crippen LogP contribution in [0, 0.1) is 11.8 Å². The molecule has 0 radical (unpaired) electrons. The normalized spacial score (nSPS) is 10.2. The first-order valence-corrected chi connectivity index (χ1v) is 6.40. The fourth-order valence-electron chi connectivity index (χ4n) is 2.08. The van der Waals surface area contributed by atoms with Crippen molar-refractivity contribution in [2.24, 2.45) is 7.05 Å². The summed E-state index contributed by atoms with van der Waals surface area (Å²) in [6, 6.07) is 1.81. The summed E-state index contributed by atoms with van der Waals surface area (Å²) in [4.78, 5) is 8.47. The van der Waals surface area contributed by atoms with Crippen molar-refractivity contribution in [3.8, 4) is 11.8 Å². The average Bonchev–Trinajstić information content (AvgIpc) is 2.90. The summed E-state index contributed by atoms with van der Waals surface area (Å²) in [6.07, 6.45) is 7.02. The van der Waals surface area contributed by atoms with Gasteiger partial charge in [-0.1, -0.05) is 11.8 Å². The van der Waals surface area contributed by atoms with Gasteiger partial charge in [0.05, 0.1) is 17.3 Å². The Morgan fingerprint density at radius 2 is 2.00 bits per heavy atom.